The summed E-state index contributed by atoms with van der Waals surface area (Å²) in [4.78, 5) is 23.2. The summed E-state index contributed by atoms with van der Waals surface area (Å²) in [6.07, 6.45) is 9.55. The van der Waals surface area contributed by atoms with Crippen molar-refractivity contribution < 1.29 is 14.5 Å². The van der Waals surface area contributed by atoms with Gasteiger partial charge in [0.1, 0.15) is 5.69 Å². The van der Waals surface area contributed by atoms with Crippen LogP contribution < -0.4 is 10.1 Å². The molecule has 0 atom stereocenters. The molecule has 1 aromatic heterocycles. The molecule has 8 heteroatoms. The lowest BCUT2D eigenvalue weighted by molar-refractivity contribution is -0.386. The minimum atomic E-state index is -0.484. The van der Waals surface area contributed by atoms with E-state index >= 15 is 0 Å². The number of nitrogens with zero attached hydrogens (tertiary/aromatic N) is 3. The predicted molar refractivity (Wildman–Crippen MR) is 109 cm³/mol. The summed E-state index contributed by atoms with van der Waals surface area (Å²) in [5.41, 5.74) is 0.520. The molecule has 158 valence electrons. The lowest BCUT2D eigenvalue weighted by Gasteiger charge is -2.56. The Balaban J connectivity index is 1.18. The highest BCUT2D eigenvalue weighted by Gasteiger charge is 2.50. The van der Waals surface area contributed by atoms with Crippen LogP contribution in [0, 0.1) is 33.3 Å². The number of ether oxygens (including phenoxy) is 1. The van der Waals surface area contributed by atoms with Crippen molar-refractivity contribution >= 4 is 11.6 Å². The number of para-hydroxylation sites is 2. The number of hydrogen-bond acceptors (Lipinski definition) is 5. The van der Waals surface area contributed by atoms with E-state index in [1.54, 1.807) is 30.5 Å². The standard InChI is InChI=1S/C22H26N4O4/c27-21(23-13-22-10-15-7-16(11-22)9-17(8-15)12-22)18-5-6-25(24-18)14-30-20-4-2-1-3-19(20)26(28)29/h1-6,15-17H,7-14H2,(H,23,27). The summed E-state index contributed by atoms with van der Waals surface area (Å²) in [6, 6.07) is 7.85. The van der Waals surface area contributed by atoms with Gasteiger partial charge in [-0.3, -0.25) is 14.9 Å². The van der Waals surface area contributed by atoms with Gasteiger partial charge < -0.3 is 10.1 Å². The van der Waals surface area contributed by atoms with E-state index in [4.69, 9.17) is 4.74 Å². The molecule has 0 radical (unpaired) electrons. The van der Waals surface area contributed by atoms with Gasteiger partial charge in [-0.2, -0.15) is 5.10 Å². The van der Waals surface area contributed by atoms with Crippen LogP contribution in [-0.2, 0) is 6.73 Å². The smallest absolute Gasteiger partial charge is 0.311 e. The minimum Gasteiger partial charge on any atom is -0.464 e. The summed E-state index contributed by atoms with van der Waals surface area (Å²) in [6.45, 7) is 0.724. The average Bonchev–Trinajstić information content (AvgIpc) is 3.19. The van der Waals surface area contributed by atoms with E-state index in [-0.39, 0.29) is 29.5 Å². The lowest BCUT2D eigenvalue weighted by atomic mass is 9.49. The molecule has 0 aliphatic heterocycles. The van der Waals surface area contributed by atoms with Gasteiger partial charge in [-0.25, -0.2) is 4.68 Å². The van der Waals surface area contributed by atoms with Crippen molar-refractivity contribution in [2.24, 2.45) is 23.2 Å². The molecule has 8 nitrogen and oxygen atoms in total. The van der Waals surface area contributed by atoms with Crippen LogP contribution in [0.15, 0.2) is 36.5 Å². The first-order valence-electron chi connectivity index (χ1n) is 10.7. The Labute approximate surface area is 174 Å². The topological polar surface area (TPSA) is 99.3 Å². The van der Waals surface area contributed by atoms with Crippen molar-refractivity contribution in [3.63, 3.8) is 0 Å². The van der Waals surface area contributed by atoms with Crippen LogP contribution in [0.4, 0.5) is 5.69 Å². The van der Waals surface area contributed by atoms with Crippen molar-refractivity contribution in [3.05, 3.63) is 52.3 Å². The molecule has 4 fully saturated rings. The zero-order valence-corrected chi connectivity index (χ0v) is 16.8. The molecule has 6 rings (SSSR count). The number of nitro benzene ring substituents is 1. The third-order valence-electron chi connectivity index (χ3n) is 7.08. The maximum absolute atomic E-state index is 12.7. The van der Waals surface area contributed by atoms with Crippen molar-refractivity contribution in [2.45, 2.75) is 45.3 Å². The molecule has 1 N–H and O–H groups in total. The molecule has 1 aromatic carbocycles. The summed E-state index contributed by atoms with van der Waals surface area (Å²) < 4.78 is 7.00. The van der Waals surface area contributed by atoms with Gasteiger partial charge >= 0.3 is 5.69 Å². The van der Waals surface area contributed by atoms with Crippen LogP contribution in [0.25, 0.3) is 0 Å². The lowest BCUT2D eigenvalue weighted by Crippen LogP contribution is -2.51. The first kappa shape index (κ1) is 19.1. The maximum Gasteiger partial charge on any atom is 0.311 e. The quantitative estimate of drug-likeness (QED) is 0.553. The number of nitro groups is 1. The summed E-state index contributed by atoms with van der Waals surface area (Å²) >= 11 is 0. The fraction of sp³-hybridized carbons (Fsp3) is 0.545. The molecule has 30 heavy (non-hydrogen) atoms. The molecular weight excluding hydrogens is 384 g/mol. The first-order valence-corrected chi connectivity index (χ1v) is 10.7. The van der Waals surface area contributed by atoms with Gasteiger partial charge in [0.25, 0.3) is 5.91 Å². The van der Waals surface area contributed by atoms with Crippen LogP contribution >= 0.6 is 0 Å². The van der Waals surface area contributed by atoms with Gasteiger partial charge in [0.05, 0.1) is 4.92 Å². The Morgan fingerprint density at radius 2 is 1.83 bits per heavy atom. The Bertz CT molecular complexity index is 934. The third kappa shape index (κ3) is 3.66. The summed E-state index contributed by atoms with van der Waals surface area (Å²) in [5.74, 6) is 2.56. The van der Waals surface area contributed by atoms with E-state index in [0.717, 1.165) is 24.3 Å². The highest BCUT2D eigenvalue weighted by Crippen LogP contribution is 2.59. The fourth-order valence-corrected chi connectivity index (χ4v) is 6.29. The zero-order chi connectivity index (χ0) is 20.7. The van der Waals surface area contributed by atoms with Crippen molar-refractivity contribution in [3.8, 4) is 5.75 Å². The van der Waals surface area contributed by atoms with Gasteiger partial charge in [-0.15, -0.1) is 0 Å². The minimum absolute atomic E-state index is 0.00683. The number of benzene rings is 1. The molecule has 1 heterocycles. The molecule has 4 aliphatic rings. The molecular formula is C22H26N4O4. The SMILES string of the molecule is O=C(NCC12CC3CC(CC(C3)C1)C2)c1ccn(COc2ccccc2[N+](=O)[O-])n1. The van der Waals surface area contributed by atoms with Crippen LogP contribution in [0.1, 0.15) is 49.0 Å². The molecule has 4 bridgehead atoms. The molecule has 2 aromatic rings. The van der Waals surface area contributed by atoms with E-state index in [9.17, 15) is 14.9 Å². The second-order valence-corrected chi connectivity index (χ2v) is 9.34. The number of hydrogen-bond donors (Lipinski definition) is 1. The van der Waals surface area contributed by atoms with Gasteiger partial charge in [0, 0.05) is 18.8 Å². The van der Waals surface area contributed by atoms with E-state index in [1.165, 1.54) is 49.3 Å². The Morgan fingerprint density at radius 1 is 1.17 bits per heavy atom. The van der Waals surface area contributed by atoms with E-state index in [0.29, 0.717) is 5.69 Å². The predicted octanol–water partition coefficient (Wildman–Crippen LogP) is 3.77. The maximum atomic E-state index is 12.7. The number of carbonyl (C=O) groups excluding carboxylic acids is 1. The van der Waals surface area contributed by atoms with Gasteiger partial charge in [-0.05, 0) is 73.8 Å². The second-order valence-electron chi connectivity index (χ2n) is 9.34. The highest BCUT2D eigenvalue weighted by atomic mass is 16.6. The van der Waals surface area contributed by atoms with Crippen LogP contribution in [0.2, 0.25) is 0 Å². The molecule has 0 spiro atoms. The number of nitrogens with one attached hydrogen (secondary N) is 1. The molecule has 4 saturated carbocycles. The first-order chi connectivity index (χ1) is 14.5. The molecule has 1 amide bonds. The number of carbonyl (C=O) groups is 1. The van der Waals surface area contributed by atoms with Crippen molar-refractivity contribution in [1.82, 2.24) is 15.1 Å². The van der Waals surface area contributed by atoms with Crippen LogP contribution in [-0.4, -0.2) is 27.2 Å². The Morgan fingerprint density at radius 3 is 2.50 bits per heavy atom. The zero-order valence-electron chi connectivity index (χ0n) is 16.8. The van der Waals surface area contributed by atoms with Crippen LogP contribution in [0.3, 0.4) is 0 Å². The number of rotatable bonds is 7. The average molecular weight is 410 g/mol. The number of amides is 1. The Kier molecular flexibility index (Phi) is 4.72. The number of aromatic nitrogens is 2. The normalized spacial score (nSPS) is 29.0. The largest absolute Gasteiger partial charge is 0.464 e. The van der Waals surface area contributed by atoms with Gasteiger partial charge in [0.15, 0.2) is 12.5 Å². The van der Waals surface area contributed by atoms with Gasteiger partial charge in [0.2, 0.25) is 0 Å². The van der Waals surface area contributed by atoms with E-state index in [2.05, 4.69) is 10.4 Å². The second kappa shape index (κ2) is 7.41. The molecule has 0 saturated heterocycles. The highest BCUT2D eigenvalue weighted by molar-refractivity contribution is 5.92. The van der Waals surface area contributed by atoms with E-state index < -0.39 is 4.92 Å². The summed E-state index contributed by atoms with van der Waals surface area (Å²) in [5, 5.41) is 18.5. The molecule has 4 aliphatic carbocycles. The third-order valence-corrected chi connectivity index (χ3v) is 7.08. The van der Waals surface area contributed by atoms with Crippen molar-refractivity contribution in [1.29, 1.82) is 0 Å². The van der Waals surface area contributed by atoms with Crippen molar-refractivity contribution in [2.75, 3.05) is 6.54 Å². The summed E-state index contributed by atoms with van der Waals surface area (Å²) in [7, 11) is 0. The monoisotopic (exact) mass is 410 g/mol. The van der Waals surface area contributed by atoms with Crippen LogP contribution in [0.5, 0.6) is 5.75 Å². The van der Waals surface area contributed by atoms with E-state index in [1.807, 2.05) is 0 Å². The molecule has 0 unspecified atom stereocenters. The Hall–Kier alpha value is -2.90. The van der Waals surface area contributed by atoms with Gasteiger partial charge in [-0.1, -0.05) is 12.1 Å². The fourth-order valence-electron chi connectivity index (χ4n) is 6.29.